The molecule has 0 saturated heterocycles. The summed E-state index contributed by atoms with van der Waals surface area (Å²) in [6, 6.07) is 0. The van der Waals surface area contributed by atoms with E-state index in [4.69, 9.17) is 11.6 Å². The Kier molecular flexibility index (Phi) is 1.51. The Balaban J connectivity index is 1.87. The lowest BCUT2D eigenvalue weighted by molar-refractivity contribution is 0.192. The van der Waals surface area contributed by atoms with Crippen molar-refractivity contribution in [3.05, 3.63) is 0 Å². The second kappa shape index (κ2) is 2.40. The second-order valence-electron chi connectivity index (χ2n) is 5.61. The van der Waals surface area contributed by atoms with Gasteiger partial charge in [-0.2, -0.15) is 0 Å². The fourth-order valence-corrected chi connectivity index (χ4v) is 7.37. The molecule has 13 heavy (non-hydrogen) atoms. The summed E-state index contributed by atoms with van der Waals surface area (Å²) in [6.07, 6.45) is 4.63. The zero-order chi connectivity index (χ0) is 8.74. The lowest BCUT2D eigenvalue weighted by Crippen LogP contribution is -2.25. The van der Waals surface area contributed by atoms with Crippen molar-refractivity contribution in [2.24, 2.45) is 35.5 Å². The summed E-state index contributed by atoms with van der Waals surface area (Å²) in [4.78, 5) is 0. The highest BCUT2D eigenvalue weighted by atomic mass is 127. The van der Waals surface area contributed by atoms with Crippen molar-refractivity contribution in [3.8, 4) is 0 Å². The highest BCUT2D eigenvalue weighted by Gasteiger charge is 2.67. The van der Waals surface area contributed by atoms with Gasteiger partial charge in [-0.25, -0.2) is 0 Å². The van der Waals surface area contributed by atoms with Crippen molar-refractivity contribution in [2.75, 3.05) is 0 Å². The minimum atomic E-state index is 0.524. The molecule has 0 heterocycles. The predicted molar refractivity (Wildman–Crippen MR) is 62.2 cm³/mol. The average Bonchev–Trinajstić information content (AvgIpc) is 2.60. The van der Waals surface area contributed by atoms with Gasteiger partial charge in [-0.05, 0) is 54.8 Å². The van der Waals surface area contributed by atoms with Crippen molar-refractivity contribution in [3.63, 3.8) is 0 Å². The first-order valence-electron chi connectivity index (χ1n) is 5.55. The number of hydrogen-bond acceptors (Lipinski definition) is 0. The maximum atomic E-state index is 6.57. The molecule has 5 saturated carbocycles. The van der Waals surface area contributed by atoms with Crippen LogP contribution in [0, 0.1) is 35.5 Å². The molecule has 0 aromatic heterocycles. The van der Waals surface area contributed by atoms with E-state index in [0.717, 1.165) is 39.4 Å². The minimum Gasteiger partial charge on any atom is -0.122 e. The van der Waals surface area contributed by atoms with Gasteiger partial charge < -0.3 is 0 Å². The quantitative estimate of drug-likeness (QED) is 0.476. The smallest absolute Gasteiger partial charge is 0.0490 e. The third-order valence-corrected chi connectivity index (χ3v) is 7.97. The lowest BCUT2D eigenvalue weighted by atomic mass is 9.75. The van der Waals surface area contributed by atoms with Gasteiger partial charge in [0, 0.05) is 9.30 Å². The molecule has 72 valence electrons. The monoisotopic (exact) mass is 308 g/mol. The normalized spacial score (nSPS) is 72.5. The Bertz CT molecular complexity index is 239. The molecule has 0 nitrogen and oxygen atoms in total. The fourth-order valence-electron chi connectivity index (χ4n) is 5.28. The molecule has 5 aliphatic carbocycles. The van der Waals surface area contributed by atoms with E-state index < -0.39 is 0 Å². The molecule has 0 aliphatic heterocycles. The number of rotatable bonds is 0. The Morgan fingerprint density at radius 3 is 2.08 bits per heavy atom. The zero-order valence-corrected chi connectivity index (χ0v) is 10.4. The van der Waals surface area contributed by atoms with E-state index in [1.807, 2.05) is 0 Å². The van der Waals surface area contributed by atoms with Crippen LogP contribution in [0.2, 0.25) is 0 Å². The Morgan fingerprint density at radius 2 is 1.38 bits per heavy atom. The molecule has 0 spiro atoms. The van der Waals surface area contributed by atoms with Crippen LogP contribution in [-0.4, -0.2) is 9.30 Å². The molecule has 0 aromatic carbocycles. The summed E-state index contributed by atoms with van der Waals surface area (Å²) < 4.78 is 0.801. The molecule has 2 heteroatoms. The first-order chi connectivity index (χ1) is 6.27. The van der Waals surface area contributed by atoms with E-state index in [0.29, 0.717) is 5.38 Å². The third-order valence-electron chi connectivity index (χ3n) is 5.38. The summed E-state index contributed by atoms with van der Waals surface area (Å²) in [7, 11) is 0. The number of halogens is 2. The summed E-state index contributed by atoms with van der Waals surface area (Å²) in [5, 5.41) is 0.524. The predicted octanol–water partition coefficient (Wildman–Crippen LogP) is 3.32. The van der Waals surface area contributed by atoms with Crippen LogP contribution in [0.1, 0.15) is 19.3 Å². The number of hydrogen-bond donors (Lipinski definition) is 0. The van der Waals surface area contributed by atoms with Gasteiger partial charge in [0.1, 0.15) is 0 Å². The van der Waals surface area contributed by atoms with Crippen molar-refractivity contribution in [2.45, 2.75) is 28.6 Å². The van der Waals surface area contributed by atoms with Gasteiger partial charge in [0.2, 0.25) is 0 Å². The molecule has 8 atom stereocenters. The van der Waals surface area contributed by atoms with Crippen molar-refractivity contribution in [1.82, 2.24) is 0 Å². The van der Waals surface area contributed by atoms with E-state index in [1.165, 1.54) is 12.8 Å². The van der Waals surface area contributed by atoms with Crippen molar-refractivity contribution in [1.29, 1.82) is 0 Å². The van der Waals surface area contributed by atoms with E-state index in [2.05, 4.69) is 22.6 Å². The van der Waals surface area contributed by atoms with Crippen LogP contribution in [0.25, 0.3) is 0 Å². The van der Waals surface area contributed by atoms with E-state index in [9.17, 15) is 0 Å². The molecule has 6 bridgehead atoms. The average molecular weight is 309 g/mol. The van der Waals surface area contributed by atoms with Gasteiger partial charge in [0.15, 0.2) is 0 Å². The largest absolute Gasteiger partial charge is 0.122 e. The molecule has 0 N–H and O–H groups in total. The fraction of sp³-hybridized carbons (Fsp3) is 1.00. The first-order valence-corrected chi connectivity index (χ1v) is 7.23. The highest BCUT2D eigenvalue weighted by Crippen LogP contribution is 2.71. The maximum absolute atomic E-state index is 6.57. The number of alkyl halides is 2. The Morgan fingerprint density at radius 1 is 0.846 bits per heavy atom. The minimum absolute atomic E-state index is 0.524. The molecule has 0 amide bonds. The van der Waals surface area contributed by atoms with Crippen LogP contribution in [0.4, 0.5) is 0 Å². The van der Waals surface area contributed by atoms with Crippen molar-refractivity contribution < 1.29 is 0 Å². The third kappa shape index (κ3) is 0.780. The van der Waals surface area contributed by atoms with E-state index in [1.54, 1.807) is 6.42 Å². The van der Waals surface area contributed by atoms with Crippen molar-refractivity contribution >= 4 is 34.2 Å². The summed E-state index contributed by atoms with van der Waals surface area (Å²) in [5.74, 6) is 6.23. The van der Waals surface area contributed by atoms with Crippen LogP contribution in [0.5, 0.6) is 0 Å². The molecule has 8 unspecified atom stereocenters. The molecule has 5 aliphatic rings. The topological polar surface area (TPSA) is 0 Å². The molecular weight excluding hydrogens is 294 g/mol. The van der Waals surface area contributed by atoms with Crippen LogP contribution in [-0.2, 0) is 0 Å². The highest BCUT2D eigenvalue weighted by molar-refractivity contribution is 14.1. The van der Waals surface area contributed by atoms with Crippen LogP contribution >= 0.6 is 34.2 Å². The van der Waals surface area contributed by atoms with Gasteiger partial charge in [-0.3, -0.25) is 0 Å². The van der Waals surface area contributed by atoms with Gasteiger partial charge >= 0.3 is 0 Å². The van der Waals surface area contributed by atoms with Crippen LogP contribution in [0.3, 0.4) is 0 Å². The summed E-state index contributed by atoms with van der Waals surface area (Å²) in [5.41, 5.74) is 0. The lowest BCUT2D eigenvalue weighted by Gasteiger charge is -2.31. The summed E-state index contributed by atoms with van der Waals surface area (Å²) in [6.45, 7) is 0. The zero-order valence-electron chi connectivity index (χ0n) is 7.50. The summed E-state index contributed by atoms with van der Waals surface area (Å²) >= 11 is 9.22. The molecule has 5 fully saturated rings. The van der Waals surface area contributed by atoms with Gasteiger partial charge in [-0.15, -0.1) is 11.6 Å². The Hall–Kier alpha value is 1.02. The van der Waals surface area contributed by atoms with Gasteiger partial charge in [0.25, 0.3) is 0 Å². The first kappa shape index (κ1) is 8.20. The molecule has 0 aromatic rings. The second-order valence-corrected chi connectivity index (χ2v) is 7.55. The Labute approximate surface area is 97.9 Å². The van der Waals surface area contributed by atoms with Crippen LogP contribution < -0.4 is 0 Å². The van der Waals surface area contributed by atoms with E-state index >= 15 is 0 Å². The van der Waals surface area contributed by atoms with Gasteiger partial charge in [0.05, 0.1) is 0 Å². The molecule has 0 radical (unpaired) electrons. The van der Waals surface area contributed by atoms with E-state index in [-0.39, 0.29) is 0 Å². The van der Waals surface area contributed by atoms with Crippen LogP contribution in [0.15, 0.2) is 0 Å². The maximum Gasteiger partial charge on any atom is 0.0490 e. The van der Waals surface area contributed by atoms with Gasteiger partial charge in [-0.1, -0.05) is 22.6 Å². The molecular formula is C11H14ClI. The standard InChI is InChI=1S/C11H14ClI/c12-10-8-5-1-4-2-6(3-5)9(7(4)8)11(10)13/h4-11H,1-3H2. The molecule has 5 rings (SSSR count). The SMILES string of the molecule is ClC1C(I)C2C3CC4CC(C3)C2C41.